The summed E-state index contributed by atoms with van der Waals surface area (Å²) in [6, 6.07) is 5.31. The Kier molecular flexibility index (Phi) is 5.22. The number of rotatable bonds is 3. The summed E-state index contributed by atoms with van der Waals surface area (Å²) in [4.78, 5) is 23.1. The number of anilines is 1. The van der Waals surface area contributed by atoms with Crippen molar-refractivity contribution in [3.63, 3.8) is 0 Å². The van der Waals surface area contributed by atoms with E-state index in [2.05, 4.69) is 26.6 Å². The minimum absolute atomic E-state index is 0.0766. The van der Waals surface area contributed by atoms with Gasteiger partial charge in [0.25, 0.3) is 0 Å². The van der Waals surface area contributed by atoms with Crippen molar-refractivity contribution in [1.29, 1.82) is 0 Å². The van der Waals surface area contributed by atoms with Crippen molar-refractivity contribution in [3.8, 4) is 0 Å². The van der Waals surface area contributed by atoms with Crippen LogP contribution < -0.4 is 10.6 Å². The first-order valence-corrected chi connectivity index (χ1v) is 7.81. The number of aryl methyl sites for hydroxylation is 1. The Bertz CT molecular complexity index is 548. The lowest BCUT2D eigenvalue weighted by Gasteiger charge is -2.27. The third-order valence-corrected chi connectivity index (χ3v) is 4.30. The SMILES string of the molecule is Cc1ccc(Br)cc1NC(=O)NC1CCCC(C(=O)O)C1. The molecule has 3 N–H and O–H groups in total. The molecule has 0 bridgehead atoms. The van der Waals surface area contributed by atoms with Gasteiger partial charge in [0.05, 0.1) is 5.92 Å². The fraction of sp³-hybridized carbons (Fsp3) is 0.467. The number of halogens is 1. The number of urea groups is 1. The number of carbonyl (C=O) groups excluding carboxylic acids is 1. The fourth-order valence-corrected chi connectivity index (χ4v) is 2.98. The topological polar surface area (TPSA) is 78.4 Å². The molecule has 1 aromatic carbocycles. The molecule has 1 fully saturated rings. The van der Waals surface area contributed by atoms with E-state index in [0.717, 1.165) is 28.6 Å². The van der Waals surface area contributed by atoms with Crippen LogP contribution in [-0.4, -0.2) is 23.1 Å². The van der Waals surface area contributed by atoms with Crippen LogP contribution in [0.1, 0.15) is 31.2 Å². The van der Waals surface area contributed by atoms with Crippen LogP contribution in [0.3, 0.4) is 0 Å². The predicted molar refractivity (Wildman–Crippen MR) is 84.4 cm³/mol. The second-order valence-electron chi connectivity index (χ2n) is 5.46. The summed E-state index contributed by atoms with van der Waals surface area (Å²) >= 11 is 3.37. The first-order valence-electron chi connectivity index (χ1n) is 7.02. The van der Waals surface area contributed by atoms with Crippen LogP contribution in [0.5, 0.6) is 0 Å². The largest absolute Gasteiger partial charge is 0.481 e. The summed E-state index contributed by atoms with van der Waals surface area (Å²) in [7, 11) is 0. The summed E-state index contributed by atoms with van der Waals surface area (Å²) in [6.07, 6.45) is 2.85. The summed E-state index contributed by atoms with van der Waals surface area (Å²) in [6.45, 7) is 1.92. The smallest absolute Gasteiger partial charge is 0.319 e. The molecule has 1 saturated carbocycles. The third-order valence-electron chi connectivity index (χ3n) is 3.81. The van der Waals surface area contributed by atoms with Crippen LogP contribution in [0.15, 0.2) is 22.7 Å². The van der Waals surface area contributed by atoms with E-state index in [1.807, 2.05) is 25.1 Å². The maximum atomic E-state index is 12.0. The van der Waals surface area contributed by atoms with Crippen LogP contribution in [-0.2, 0) is 4.79 Å². The van der Waals surface area contributed by atoms with Crippen molar-refractivity contribution in [1.82, 2.24) is 5.32 Å². The van der Waals surface area contributed by atoms with Crippen LogP contribution >= 0.6 is 15.9 Å². The molecule has 2 rings (SSSR count). The number of nitrogens with one attached hydrogen (secondary N) is 2. The minimum atomic E-state index is -0.773. The van der Waals surface area contributed by atoms with Crippen molar-refractivity contribution in [2.45, 2.75) is 38.6 Å². The van der Waals surface area contributed by atoms with E-state index in [9.17, 15) is 9.59 Å². The molecule has 6 heteroatoms. The molecule has 0 spiro atoms. The molecule has 0 heterocycles. The molecule has 5 nitrogen and oxygen atoms in total. The Morgan fingerprint density at radius 2 is 2.10 bits per heavy atom. The van der Waals surface area contributed by atoms with Crippen LogP contribution in [0, 0.1) is 12.8 Å². The van der Waals surface area contributed by atoms with E-state index < -0.39 is 5.97 Å². The predicted octanol–water partition coefficient (Wildman–Crippen LogP) is 3.52. The average Bonchev–Trinajstić information content (AvgIpc) is 2.43. The van der Waals surface area contributed by atoms with Crippen LogP contribution in [0.25, 0.3) is 0 Å². The van der Waals surface area contributed by atoms with E-state index in [-0.39, 0.29) is 18.0 Å². The van der Waals surface area contributed by atoms with E-state index in [1.165, 1.54) is 0 Å². The molecule has 0 saturated heterocycles. The number of benzene rings is 1. The van der Waals surface area contributed by atoms with Gasteiger partial charge in [0.2, 0.25) is 0 Å². The molecule has 2 atom stereocenters. The Balaban J connectivity index is 1.92. The van der Waals surface area contributed by atoms with Crippen molar-refractivity contribution >= 4 is 33.6 Å². The molecule has 2 unspecified atom stereocenters. The molecular formula is C15H19BrN2O3. The lowest BCUT2D eigenvalue weighted by atomic mass is 9.86. The number of hydrogen-bond acceptors (Lipinski definition) is 2. The summed E-state index contributed by atoms with van der Waals surface area (Å²) in [5.41, 5.74) is 1.72. The van der Waals surface area contributed by atoms with Crippen LogP contribution in [0.4, 0.5) is 10.5 Å². The molecular weight excluding hydrogens is 336 g/mol. The van der Waals surface area contributed by atoms with Crippen molar-refractivity contribution in [3.05, 3.63) is 28.2 Å². The van der Waals surface area contributed by atoms with Gasteiger partial charge in [0.15, 0.2) is 0 Å². The summed E-state index contributed by atoms with van der Waals surface area (Å²) < 4.78 is 0.895. The molecule has 0 aromatic heterocycles. The minimum Gasteiger partial charge on any atom is -0.481 e. The van der Waals surface area contributed by atoms with Crippen molar-refractivity contribution < 1.29 is 14.7 Å². The number of carbonyl (C=O) groups is 2. The highest BCUT2D eigenvalue weighted by molar-refractivity contribution is 9.10. The monoisotopic (exact) mass is 354 g/mol. The second kappa shape index (κ2) is 6.93. The van der Waals surface area contributed by atoms with Gasteiger partial charge >= 0.3 is 12.0 Å². The number of carboxylic acid groups (broad SMARTS) is 1. The van der Waals surface area contributed by atoms with E-state index in [4.69, 9.17) is 5.11 Å². The second-order valence-corrected chi connectivity index (χ2v) is 6.37. The fourth-order valence-electron chi connectivity index (χ4n) is 2.62. The number of aliphatic carboxylic acids is 1. The maximum absolute atomic E-state index is 12.0. The maximum Gasteiger partial charge on any atom is 0.319 e. The highest BCUT2D eigenvalue weighted by Gasteiger charge is 2.27. The molecule has 114 valence electrons. The van der Waals surface area contributed by atoms with E-state index in [0.29, 0.717) is 12.8 Å². The van der Waals surface area contributed by atoms with Gasteiger partial charge in [0.1, 0.15) is 0 Å². The Labute approximate surface area is 132 Å². The number of carboxylic acids is 1. The highest BCUT2D eigenvalue weighted by Crippen LogP contribution is 2.25. The number of hydrogen-bond donors (Lipinski definition) is 3. The van der Waals surface area contributed by atoms with Gasteiger partial charge in [0, 0.05) is 16.2 Å². The normalized spacial score (nSPS) is 21.6. The van der Waals surface area contributed by atoms with Gasteiger partial charge in [-0.25, -0.2) is 4.79 Å². The van der Waals surface area contributed by atoms with Crippen LogP contribution in [0.2, 0.25) is 0 Å². The van der Waals surface area contributed by atoms with Gasteiger partial charge in [-0.1, -0.05) is 28.4 Å². The quantitative estimate of drug-likeness (QED) is 0.776. The zero-order valence-corrected chi connectivity index (χ0v) is 13.4. The Morgan fingerprint density at radius 3 is 2.81 bits per heavy atom. The van der Waals surface area contributed by atoms with Gasteiger partial charge in [-0.05, 0) is 43.9 Å². The zero-order chi connectivity index (χ0) is 15.4. The van der Waals surface area contributed by atoms with Gasteiger partial charge in [-0.15, -0.1) is 0 Å². The Hall–Kier alpha value is -1.56. The molecule has 2 amide bonds. The molecule has 21 heavy (non-hydrogen) atoms. The number of amides is 2. The third kappa shape index (κ3) is 4.46. The van der Waals surface area contributed by atoms with Gasteiger partial charge in [-0.3, -0.25) is 4.79 Å². The summed E-state index contributed by atoms with van der Waals surface area (Å²) in [5, 5.41) is 14.7. The molecule has 1 aromatic rings. The standard InChI is InChI=1S/C15H19BrN2O3/c1-9-5-6-11(16)8-13(9)18-15(21)17-12-4-2-3-10(7-12)14(19)20/h5-6,8,10,12H,2-4,7H2,1H3,(H,19,20)(H2,17,18,21). The highest BCUT2D eigenvalue weighted by atomic mass is 79.9. The first kappa shape index (κ1) is 15.8. The molecule has 0 aliphatic heterocycles. The average molecular weight is 355 g/mol. The molecule has 1 aliphatic carbocycles. The van der Waals surface area contributed by atoms with Crippen molar-refractivity contribution in [2.24, 2.45) is 5.92 Å². The Morgan fingerprint density at radius 1 is 1.33 bits per heavy atom. The van der Waals surface area contributed by atoms with E-state index in [1.54, 1.807) is 0 Å². The van der Waals surface area contributed by atoms with Gasteiger partial charge in [-0.2, -0.15) is 0 Å². The van der Waals surface area contributed by atoms with Gasteiger partial charge < -0.3 is 15.7 Å². The van der Waals surface area contributed by atoms with Crippen molar-refractivity contribution in [2.75, 3.05) is 5.32 Å². The molecule has 1 aliphatic rings. The lowest BCUT2D eigenvalue weighted by molar-refractivity contribution is -0.143. The molecule has 0 radical (unpaired) electrons. The first-order chi connectivity index (χ1) is 9.95. The lowest BCUT2D eigenvalue weighted by Crippen LogP contribution is -2.42. The summed E-state index contributed by atoms with van der Waals surface area (Å²) in [5.74, 6) is -1.12. The van der Waals surface area contributed by atoms with E-state index >= 15 is 0 Å². The zero-order valence-electron chi connectivity index (χ0n) is 11.9.